The molecular formula is C19H34N2O2. The Morgan fingerprint density at radius 1 is 0.957 bits per heavy atom. The van der Waals surface area contributed by atoms with Crippen LogP contribution in [0.3, 0.4) is 0 Å². The second-order valence-corrected chi connectivity index (χ2v) is 8.31. The molecule has 0 bridgehead atoms. The zero-order valence-corrected chi connectivity index (χ0v) is 15.2. The Hall–Kier alpha value is -0.900. The van der Waals surface area contributed by atoms with E-state index in [1.165, 1.54) is 19.3 Å². The topological polar surface area (TPSA) is 49.4 Å². The van der Waals surface area contributed by atoms with Crippen molar-refractivity contribution in [1.82, 2.24) is 10.2 Å². The summed E-state index contributed by atoms with van der Waals surface area (Å²) in [7, 11) is 0. The maximum absolute atomic E-state index is 12.7. The molecule has 0 aromatic carbocycles. The van der Waals surface area contributed by atoms with Gasteiger partial charge in [-0.05, 0) is 38.8 Å². The summed E-state index contributed by atoms with van der Waals surface area (Å²) in [5, 5.41) is 3.10. The molecule has 2 atom stereocenters. The SMILES string of the molecule is CC(C)(C)C(=O)[C@@H]1CCCC[C@@H]1C(=O)NCCN1CCCCC1. The quantitative estimate of drug-likeness (QED) is 0.846. The largest absolute Gasteiger partial charge is 0.355 e. The number of nitrogens with one attached hydrogen (secondary N) is 1. The highest BCUT2D eigenvalue weighted by Gasteiger charge is 2.39. The molecule has 2 fully saturated rings. The molecule has 1 N–H and O–H groups in total. The molecule has 4 nitrogen and oxygen atoms in total. The van der Waals surface area contributed by atoms with Crippen molar-refractivity contribution < 1.29 is 9.59 Å². The van der Waals surface area contributed by atoms with Gasteiger partial charge in [0.05, 0.1) is 0 Å². The van der Waals surface area contributed by atoms with E-state index in [9.17, 15) is 9.59 Å². The van der Waals surface area contributed by atoms with E-state index in [4.69, 9.17) is 0 Å². The van der Waals surface area contributed by atoms with Crippen LogP contribution in [-0.2, 0) is 9.59 Å². The molecule has 1 saturated carbocycles. The first-order valence-corrected chi connectivity index (χ1v) is 9.44. The fourth-order valence-electron chi connectivity index (χ4n) is 3.97. The maximum Gasteiger partial charge on any atom is 0.223 e. The van der Waals surface area contributed by atoms with Crippen LogP contribution in [0.25, 0.3) is 0 Å². The second kappa shape index (κ2) is 8.27. The number of hydrogen-bond acceptors (Lipinski definition) is 3. The highest BCUT2D eigenvalue weighted by Crippen LogP contribution is 2.35. The number of Topliss-reactive ketones (excluding diaryl/α,β-unsaturated/α-hetero) is 1. The summed E-state index contributed by atoms with van der Waals surface area (Å²) in [5.74, 6) is 0.160. The lowest BCUT2D eigenvalue weighted by molar-refractivity contribution is -0.139. The molecule has 0 radical (unpaired) electrons. The fourth-order valence-corrected chi connectivity index (χ4v) is 3.97. The Morgan fingerprint density at radius 3 is 2.17 bits per heavy atom. The molecule has 1 saturated heterocycles. The predicted molar refractivity (Wildman–Crippen MR) is 93.2 cm³/mol. The van der Waals surface area contributed by atoms with Gasteiger partial charge in [0.1, 0.15) is 5.78 Å². The molecule has 23 heavy (non-hydrogen) atoms. The standard InChI is InChI=1S/C19H34N2O2/c1-19(2,3)17(22)15-9-5-6-10-16(15)18(23)20-11-14-21-12-7-4-8-13-21/h15-16H,4-14H2,1-3H3,(H,20,23)/t15-,16+/m1/s1. The summed E-state index contributed by atoms with van der Waals surface area (Å²) in [6, 6.07) is 0. The van der Waals surface area contributed by atoms with Crippen molar-refractivity contribution in [3.63, 3.8) is 0 Å². The Kier molecular flexibility index (Phi) is 6.63. The van der Waals surface area contributed by atoms with Crippen LogP contribution >= 0.6 is 0 Å². The number of carbonyl (C=O) groups excluding carboxylic acids is 2. The van der Waals surface area contributed by atoms with E-state index in [-0.39, 0.29) is 28.9 Å². The van der Waals surface area contributed by atoms with Gasteiger partial charge in [-0.1, -0.05) is 40.0 Å². The Morgan fingerprint density at radius 2 is 1.57 bits per heavy atom. The van der Waals surface area contributed by atoms with Crippen LogP contribution in [0.5, 0.6) is 0 Å². The third-order valence-electron chi connectivity index (χ3n) is 5.35. The zero-order chi connectivity index (χ0) is 16.9. The second-order valence-electron chi connectivity index (χ2n) is 8.31. The molecule has 1 heterocycles. The molecule has 2 aliphatic rings. The Bertz CT molecular complexity index is 408. The number of likely N-dealkylation sites (tertiary alicyclic amines) is 1. The Balaban J connectivity index is 1.84. The smallest absolute Gasteiger partial charge is 0.223 e. The van der Waals surface area contributed by atoms with Gasteiger partial charge in [0.15, 0.2) is 0 Å². The highest BCUT2D eigenvalue weighted by atomic mass is 16.2. The van der Waals surface area contributed by atoms with Crippen molar-refractivity contribution in [2.75, 3.05) is 26.2 Å². The normalized spacial score (nSPS) is 26.7. The average molecular weight is 322 g/mol. The van der Waals surface area contributed by atoms with Gasteiger partial charge in [0.25, 0.3) is 0 Å². The van der Waals surface area contributed by atoms with E-state index in [1.54, 1.807) is 0 Å². The number of ketones is 1. The minimum Gasteiger partial charge on any atom is -0.355 e. The molecular weight excluding hydrogens is 288 g/mol. The predicted octanol–water partition coefficient (Wildman–Crippen LogP) is 3.01. The van der Waals surface area contributed by atoms with Gasteiger partial charge in [0, 0.05) is 30.3 Å². The number of amides is 1. The van der Waals surface area contributed by atoms with Crippen LogP contribution in [0, 0.1) is 17.3 Å². The lowest BCUT2D eigenvalue weighted by Crippen LogP contribution is -2.45. The summed E-state index contributed by atoms with van der Waals surface area (Å²) >= 11 is 0. The van der Waals surface area contributed by atoms with Crippen LogP contribution < -0.4 is 5.32 Å². The minimum absolute atomic E-state index is 0.0845. The van der Waals surface area contributed by atoms with Crippen LogP contribution in [0.2, 0.25) is 0 Å². The number of piperidine rings is 1. The lowest BCUT2D eigenvalue weighted by Gasteiger charge is -2.34. The van der Waals surface area contributed by atoms with Gasteiger partial charge in [-0.15, -0.1) is 0 Å². The van der Waals surface area contributed by atoms with Crippen LogP contribution in [0.15, 0.2) is 0 Å². The molecule has 132 valence electrons. The first-order chi connectivity index (χ1) is 10.9. The van der Waals surface area contributed by atoms with E-state index in [0.29, 0.717) is 6.54 Å². The van der Waals surface area contributed by atoms with E-state index < -0.39 is 0 Å². The van der Waals surface area contributed by atoms with Gasteiger partial charge >= 0.3 is 0 Å². The third kappa shape index (κ3) is 5.30. The molecule has 0 spiro atoms. The number of nitrogens with zero attached hydrogens (tertiary/aromatic N) is 1. The number of rotatable bonds is 5. The molecule has 0 aromatic rings. The van der Waals surface area contributed by atoms with Gasteiger partial charge in [-0.3, -0.25) is 9.59 Å². The fraction of sp³-hybridized carbons (Fsp3) is 0.895. The lowest BCUT2D eigenvalue weighted by atomic mass is 9.70. The summed E-state index contributed by atoms with van der Waals surface area (Å²) in [6.07, 6.45) is 7.77. The summed E-state index contributed by atoms with van der Waals surface area (Å²) in [6.45, 7) is 9.87. The molecule has 0 unspecified atom stereocenters. The third-order valence-corrected chi connectivity index (χ3v) is 5.35. The van der Waals surface area contributed by atoms with E-state index in [0.717, 1.165) is 45.3 Å². The van der Waals surface area contributed by atoms with Crippen molar-refractivity contribution in [3.05, 3.63) is 0 Å². The van der Waals surface area contributed by atoms with Crippen LogP contribution in [0.4, 0.5) is 0 Å². The van der Waals surface area contributed by atoms with Crippen molar-refractivity contribution in [2.24, 2.45) is 17.3 Å². The van der Waals surface area contributed by atoms with E-state index in [2.05, 4.69) is 10.2 Å². The molecule has 1 amide bonds. The first-order valence-electron chi connectivity index (χ1n) is 9.44. The monoisotopic (exact) mass is 322 g/mol. The molecule has 1 aliphatic carbocycles. The van der Waals surface area contributed by atoms with Crippen molar-refractivity contribution in [2.45, 2.75) is 65.7 Å². The Labute approximate surface area is 141 Å². The van der Waals surface area contributed by atoms with Crippen LogP contribution in [0.1, 0.15) is 65.7 Å². The number of carbonyl (C=O) groups is 2. The van der Waals surface area contributed by atoms with E-state index >= 15 is 0 Å². The maximum atomic E-state index is 12.7. The number of hydrogen-bond donors (Lipinski definition) is 1. The molecule has 0 aromatic heterocycles. The van der Waals surface area contributed by atoms with Crippen molar-refractivity contribution in [3.8, 4) is 0 Å². The average Bonchev–Trinajstić information content (AvgIpc) is 2.54. The van der Waals surface area contributed by atoms with E-state index in [1.807, 2.05) is 20.8 Å². The molecule has 1 aliphatic heterocycles. The van der Waals surface area contributed by atoms with Crippen LogP contribution in [-0.4, -0.2) is 42.8 Å². The van der Waals surface area contributed by atoms with Gasteiger partial charge < -0.3 is 10.2 Å². The summed E-state index contributed by atoms with van der Waals surface area (Å²) < 4.78 is 0. The summed E-state index contributed by atoms with van der Waals surface area (Å²) in [5.41, 5.74) is -0.353. The summed E-state index contributed by atoms with van der Waals surface area (Å²) in [4.78, 5) is 27.7. The zero-order valence-electron chi connectivity index (χ0n) is 15.2. The minimum atomic E-state index is -0.353. The van der Waals surface area contributed by atoms with Gasteiger partial charge in [-0.2, -0.15) is 0 Å². The van der Waals surface area contributed by atoms with Gasteiger partial charge in [0.2, 0.25) is 5.91 Å². The van der Waals surface area contributed by atoms with Crippen molar-refractivity contribution >= 4 is 11.7 Å². The van der Waals surface area contributed by atoms with Crippen molar-refractivity contribution in [1.29, 1.82) is 0 Å². The highest BCUT2D eigenvalue weighted by molar-refractivity contribution is 5.91. The molecule has 2 rings (SSSR count). The first kappa shape index (κ1) is 18.4. The van der Waals surface area contributed by atoms with Gasteiger partial charge in [-0.25, -0.2) is 0 Å². The molecule has 4 heteroatoms.